The molecule has 0 spiro atoms. The van der Waals surface area contributed by atoms with Crippen LogP contribution in [0.15, 0.2) is 18.3 Å². The summed E-state index contributed by atoms with van der Waals surface area (Å²) in [4.78, 5) is 4.35. The standard InChI is InChI=1S/C13H20N2O/c1-16-13-8-7-12(15-10-13)9-14-11-5-3-2-4-6-11/h7-8,10-11,14H,2-6,9H2,1H3. The van der Waals surface area contributed by atoms with E-state index in [-0.39, 0.29) is 0 Å². The van der Waals surface area contributed by atoms with Crippen LogP contribution < -0.4 is 10.1 Å². The number of hydrogen-bond donors (Lipinski definition) is 1. The van der Waals surface area contributed by atoms with E-state index >= 15 is 0 Å². The minimum absolute atomic E-state index is 0.692. The molecule has 3 nitrogen and oxygen atoms in total. The van der Waals surface area contributed by atoms with Crippen molar-refractivity contribution >= 4 is 0 Å². The normalized spacial score (nSPS) is 17.3. The van der Waals surface area contributed by atoms with Gasteiger partial charge in [0.2, 0.25) is 0 Å². The first kappa shape index (κ1) is 11.4. The second-order valence-corrected chi connectivity index (χ2v) is 4.41. The third-order valence-corrected chi connectivity index (χ3v) is 3.21. The summed E-state index contributed by atoms with van der Waals surface area (Å²) in [6, 6.07) is 4.68. The maximum absolute atomic E-state index is 5.08. The highest BCUT2D eigenvalue weighted by Gasteiger charge is 2.12. The molecule has 2 rings (SSSR count). The van der Waals surface area contributed by atoms with Crippen LogP contribution in [0.3, 0.4) is 0 Å². The molecule has 0 radical (unpaired) electrons. The Morgan fingerprint density at radius 3 is 2.75 bits per heavy atom. The molecule has 1 fully saturated rings. The van der Waals surface area contributed by atoms with Crippen LogP contribution in [0.2, 0.25) is 0 Å². The predicted molar refractivity (Wildman–Crippen MR) is 64.5 cm³/mol. The highest BCUT2D eigenvalue weighted by atomic mass is 16.5. The van der Waals surface area contributed by atoms with Crippen molar-refractivity contribution < 1.29 is 4.74 Å². The lowest BCUT2D eigenvalue weighted by molar-refractivity contribution is 0.370. The van der Waals surface area contributed by atoms with Gasteiger partial charge in [-0.15, -0.1) is 0 Å². The molecule has 0 unspecified atom stereocenters. The van der Waals surface area contributed by atoms with Crippen molar-refractivity contribution in [3.05, 3.63) is 24.0 Å². The third-order valence-electron chi connectivity index (χ3n) is 3.21. The zero-order valence-corrected chi connectivity index (χ0v) is 9.91. The average Bonchev–Trinajstić information content (AvgIpc) is 2.38. The van der Waals surface area contributed by atoms with E-state index in [0.717, 1.165) is 18.0 Å². The Morgan fingerprint density at radius 2 is 2.12 bits per heavy atom. The monoisotopic (exact) mass is 220 g/mol. The molecule has 1 saturated carbocycles. The summed E-state index contributed by atoms with van der Waals surface area (Å²) >= 11 is 0. The van der Waals surface area contributed by atoms with Crippen molar-refractivity contribution in [2.45, 2.75) is 44.7 Å². The Bertz CT molecular complexity index is 304. The lowest BCUT2D eigenvalue weighted by Gasteiger charge is -2.22. The topological polar surface area (TPSA) is 34.1 Å². The quantitative estimate of drug-likeness (QED) is 0.846. The van der Waals surface area contributed by atoms with Crippen molar-refractivity contribution in [1.29, 1.82) is 0 Å². The molecule has 0 aromatic carbocycles. The molecule has 1 aliphatic carbocycles. The summed E-state index contributed by atoms with van der Waals surface area (Å²) < 4.78 is 5.08. The molecule has 1 N–H and O–H groups in total. The molecule has 1 aromatic rings. The van der Waals surface area contributed by atoms with Crippen LogP contribution in [0, 0.1) is 0 Å². The Balaban J connectivity index is 1.79. The van der Waals surface area contributed by atoms with Crippen LogP contribution in [0.1, 0.15) is 37.8 Å². The molecule has 1 heterocycles. The number of nitrogens with zero attached hydrogens (tertiary/aromatic N) is 1. The molecule has 0 amide bonds. The lowest BCUT2D eigenvalue weighted by atomic mass is 9.95. The van der Waals surface area contributed by atoms with Gasteiger partial charge in [0.15, 0.2) is 0 Å². The fourth-order valence-electron chi connectivity index (χ4n) is 2.19. The molecule has 1 aliphatic rings. The zero-order valence-electron chi connectivity index (χ0n) is 9.91. The van der Waals surface area contributed by atoms with E-state index in [9.17, 15) is 0 Å². The predicted octanol–water partition coefficient (Wildman–Crippen LogP) is 2.51. The molecule has 0 aliphatic heterocycles. The first-order valence-electron chi connectivity index (χ1n) is 6.11. The van der Waals surface area contributed by atoms with Crippen LogP contribution >= 0.6 is 0 Å². The van der Waals surface area contributed by atoms with E-state index in [0.29, 0.717) is 6.04 Å². The van der Waals surface area contributed by atoms with Crippen LogP contribution in [-0.4, -0.2) is 18.1 Å². The van der Waals surface area contributed by atoms with Gasteiger partial charge in [0.25, 0.3) is 0 Å². The van der Waals surface area contributed by atoms with Gasteiger partial charge in [0.05, 0.1) is 19.0 Å². The first-order chi connectivity index (χ1) is 7.88. The number of nitrogens with one attached hydrogen (secondary N) is 1. The Labute approximate surface area is 97.2 Å². The van der Waals surface area contributed by atoms with Gasteiger partial charge in [-0.25, -0.2) is 0 Å². The van der Waals surface area contributed by atoms with E-state index in [1.165, 1.54) is 32.1 Å². The van der Waals surface area contributed by atoms with Crippen LogP contribution in [0.5, 0.6) is 5.75 Å². The molecule has 0 bridgehead atoms. The SMILES string of the molecule is COc1ccc(CNC2CCCCC2)nc1. The van der Waals surface area contributed by atoms with Crippen molar-refractivity contribution in [2.24, 2.45) is 0 Å². The summed E-state index contributed by atoms with van der Waals surface area (Å²) in [6.45, 7) is 0.870. The maximum Gasteiger partial charge on any atom is 0.137 e. The molecular formula is C13H20N2O. The van der Waals surface area contributed by atoms with Crippen LogP contribution in [0.4, 0.5) is 0 Å². The number of rotatable bonds is 4. The molecule has 1 aromatic heterocycles. The highest BCUT2D eigenvalue weighted by molar-refractivity contribution is 5.19. The molecule has 3 heteroatoms. The van der Waals surface area contributed by atoms with E-state index in [2.05, 4.69) is 10.3 Å². The number of hydrogen-bond acceptors (Lipinski definition) is 3. The van der Waals surface area contributed by atoms with Gasteiger partial charge < -0.3 is 10.1 Å². The summed E-state index contributed by atoms with van der Waals surface area (Å²) in [5, 5.41) is 3.57. The third kappa shape index (κ3) is 3.20. The van der Waals surface area contributed by atoms with Crippen molar-refractivity contribution in [3.63, 3.8) is 0 Å². The second kappa shape index (κ2) is 5.85. The average molecular weight is 220 g/mol. The maximum atomic E-state index is 5.08. The van der Waals surface area contributed by atoms with E-state index in [1.54, 1.807) is 13.3 Å². The van der Waals surface area contributed by atoms with Crippen molar-refractivity contribution in [3.8, 4) is 5.75 Å². The summed E-state index contributed by atoms with van der Waals surface area (Å²) in [7, 11) is 1.66. The highest BCUT2D eigenvalue weighted by Crippen LogP contribution is 2.17. The van der Waals surface area contributed by atoms with Gasteiger partial charge >= 0.3 is 0 Å². The van der Waals surface area contributed by atoms with Crippen molar-refractivity contribution in [1.82, 2.24) is 10.3 Å². The van der Waals surface area contributed by atoms with Gasteiger partial charge in [0.1, 0.15) is 5.75 Å². The number of aromatic nitrogens is 1. The molecule has 88 valence electrons. The summed E-state index contributed by atoms with van der Waals surface area (Å²) in [5.41, 5.74) is 1.09. The number of methoxy groups -OCH3 is 1. The fraction of sp³-hybridized carbons (Fsp3) is 0.615. The van der Waals surface area contributed by atoms with Crippen molar-refractivity contribution in [2.75, 3.05) is 7.11 Å². The Hall–Kier alpha value is -1.09. The van der Waals surface area contributed by atoms with E-state index in [1.807, 2.05) is 12.1 Å². The Kier molecular flexibility index (Phi) is 4.17. The number of ether oxygens (including phenoxy) is 1. The largest absolute Gasteiger partial charge is 0.495 e. The van der Waals surface area contributed by atoms with Gasteiger partial charge in [0, 0.05) is 12.6 Å². The van der Waals surface area contributed by atoms with E-state index in [4.69, 9.17) is 4.74 Å². The number of pyridine rings is 1. The van der Waals surface area contributed by atoms with Gasteiger partial charge in [-0.2, -0.15) is 0 Å². The summed E-state index contributed by atoms with van der Waals surface area (Å²) in [5.74, 6) is 0.821. The first-order valence-corrected chi connectivity index (χ1v) is 6.11. The van der Waals surface area contributed by atoms with E-state index < -0.39 is 0 Å². The Morgan fingerprint density at radius 1 is 1.31 bits per heavy atom. The minimum Gasteiger partial charge on any atom is -0.495 e. The smallest absolute Gasteiger partial charge is 0.137 e. The molecule has 0 saturated heterocycles. The van der Waals surface area contributed by atoms with Gasteiger partial charge in [-0.1, -0.05) is 19.3 Å². The van der Waals surface area contributed by atoms with Crippen LogP contribution in [0.25, 0.3) is 0 Å². The fourth-order valence-corrected chi connectivity index (χ4v) is 2.19. The van der Waals surface area contributed by atoms with Gasteiger partial charge in [-0.05, 0) is 25.0 Å². The molecular weight excluding hydrogens is 200 g/mol. The van der Waals surface area contributed by atoms with Gasteiger partial charge in [-0.3, -0.25) is 4.98 Å². The minimum atomic E-state index is 0.692. The second-order valence-electron chi connectivity index (χ2n) is 4.41. The zero-order chi connectivity index (χ0) is 11.2. The van der Waals surface area contributed by atoms with Crippen LogP contribution in [-0.2, 0) is 6.54 Å². The molecule has 0 atom stereocenters. The molecule has 16 heavy (non-hydrogen) atoms. The summed E-state index contributed by atoms with van der Waals surface area (Å²) in [6.07, 6.45) is 8.55. The lowest BCUT2D eigenvalue weighted by Crippen LogP contribution is -2.30.